The molecule has 0 amide bonds. The lowest BCUT2D eigenvalue weighted by Crippen LogP contribution is -2.37. The number of anilines is 1. The summed E-state index contributed by atoms with van der Waals surface area (Å²) in [6.45, 7) is 1.06. The predicted octanol–water partition coefficient (Wildman–Crippen LogP) is 3.15. The average molecular weight is 373 g/mol. The van der Waals surface area contributed by atoms with E-state index >= 15 is 0 Å². The van der Waals surface area contributed by atoms with Gasteiger partial charge in [-0.1, -0.05) is 12.1 Å². The van der Waals surface area contributed by atoms with E-state index in [1.165, 1.54) is 10.9 Å². The molecule has 1 aliphatic rings. The van der Waals surface area contributed by atoms with E-state index in [4.69, 9.17) is 0 Å². The molecule has 2 aromatic rings. The van der Waals surface area contributed by atoms with E-state index in [1.807, 2.05) is 4.90 Å². The summed E-state index contributed by atoms with van der Waals surface area (Å²) >= 11 is 0. The number of rotatable bonds is 3. The Morgan fingerprint density at radius 1 is 1.20 bits per heavy atom. The Balaban J connectivity index is 1.87. The standard InChI is InChI=1S/C16H18F3N3O2S/c1-25(23,24)14-7-3-2-6-13(14)21-9-4-5-12(11-21)22-10-8-15(20-22)16(17,18)19/h2-3,6-8,10,12H,4-5,9,11H2,1H3. The number of para-hydroxylation sites is 1. The number of nitrogens with zero attached hydrogens (tertiary/aromatic N) is 3. The average Bonchev–Trinajstić information content (AvgIpc) is 3.04. The molecule has 5 nitrogen and oxygen atoms in total. The minimum Gasteiger partial charge on any atom is -0.368 e. The van der Waals surface area contributed by atoms with Crippen molar-refractivity contribution in [2.45, 2.75) is 30.0 Å². The van der Waals surface area contributed by atoms with Gasteiger partial charge >= 0.3 is 6.18 Å². The molecule has 1 aromatic heterocycles. The number of piperidine rings is 1. The van der Waals surface area contributed by atoms with E-state index in [2.05, 4.69) is 5.10 Å². The maximum Gasteiger partial charge on any atom is 0.435 e. The van der Waals surface area contributed by atoms with Gasteiger partial charge in [-0.25, -0.2) is 8.42 Å². The first kappa shape index (κ1) is 17.8. The van der Waals surface area contributed by atoms with Gasteiger partial charge < -0.3 is 4.90 Å². The number of aromatic nitrogens is 2. The predicted molar refractivity (Wildman–Crippen MR) is 87.3 cm³/mol. The first-order chi connectivity index (χ1) is 11.7. The second-order valence-corrected chi connectivity index (χ2v) is 8.14. The monoisotopic (exact) mass is 373 g/mol. The molecule has 0 bridgehead atoms. The molecule has 136 valence electrons. The molecule has 3 rings (SSSR count). The van der Waals surface area contributed by atoms with Gasteiger partial charge in [0.1, 0.15) is 0 Å². The van der Waals surface area contributed by atoms with Crippen LogP contribution in [0.2, 0.25) is 0 Å². The first-order valence-corrected chi connectivity index (χ1v) is 9.72. The van der Waals surface area contributed by atoms with E-state index in [0.29, 0.717) is 25.2 Å². The zero-order valence-electron chi connectivity index (χ0n) is 13.6. The van der Waals surface area contributed by atoms with Gasteiger partial charge in [-0.2, -0.15) is 18.3 Å². The molecule has 1 saturated heterocycles. The normalized spacial score (nSPS) is 19.2. The Kier molecular flexibility index (Phi) is 4.52. The highest BCUT2D eigenvalue weighted by Crippen LogP contribution is 2.32. The van der Waals surface area contributed by atoms with Crippen LogP contribution in [0.4, 0.5) is 18.9 Å². The van der Waals surface area contributed by atoms with E-state index in [9.17, 15) is 21.6 Å². The molecule has 0 saturated carbocycles. The van der Waals surface area contributed by atoms with Crippen LogP contribution in [0.3, 0.4) is 0 Å². The molecule has 25 heavy (non-hydrogen) atoms. The van der Waals surface area contributed by atoms with Crippen LogP contribution in [-0.4, -0.2) is 37.5 Å². The molecule has 1 aromatic carbocycles. The van der Waals surface area contributed by atoms with Crippen LogP contribution in [0.15, 0.2) is 41.4 Å². The van der Waals surface area contributed by atoms with Crippen LogP contribution >= 0.6 is 0 Å². The summed E-state index contributed by atoms with van der Waals surface area (Å²) in [6, 6.07) is 7.40. The molecule has 1 atom stereocenters. The summed E-state index contributed by atoms with van der Waals surface area (Å²) in [5.74, 6) is 0. The third-order valence-electron chi connectivity index (χ3n) is 4.27. The molecular formula is C16H18F3N3O2S. The molecule has 0 radical (unpaired) electrons. The topological polar surface area (TPSA) is 55.2 Å². The summed E-state index contributed by atoms with van der Waals surface area (Å²) in [5, 5.41) is 3.65. The van der Waals surface area contributed by atoms with Gasteiger partial charge in [-0.3, -0.25) is 4.68 Å². The summed E-state index contributed by atoms with van der Waals surface area (Å²) in [4.78, 5) is 2.13. The fourth-order valence-corrected chi connectivity index (χ4v) is 4.02. The maximum atomic E-state index is 12.7. The Bertz CT molecular complexity index is 862. The molecule has 0 N–H and O–H groups in total. The fraction of sp³-hybridized carbons (Fsp3) is 0.438. The summed E-state index contributed by atoms with van der Waals surface area (Å²) < 4.78 is 63.5. The number of alkyl halides is 3. The van der Waals surface area contributed by atoms with Crippen molar-refractivity contribution < 1.29 is 21.6 Å². The highest BCUT2D eigenvalue weighted by Gasteiger charge is 2.34. The molecule has 1 fully saturated rings. The van der Waals surface area contributed by atoms with E-state index < -0.39 is 21.7 Å². The van der Waals surface area contributed by atoms with Gasteiger partial charge in [0.25, 0.3) is 0 Å². The highest BCUT2D eigenvalue weighted by atomic mass is 32.2. The minimum absolute atomic E-state index is 0.229. The second-order valence-electron chi connectivity index (χ2n) is 6.16. The van der Waals surface area contributed by atoms with Crippen molar-refractivity contribution in [3.05, 3.63) is 42.2 Å². The largest absolute Gasteiger partial charge is 0.435 e. The molecule has 2 heterocycles. The summed E-state index contributed by atoms with van der Waals surface area (Å²) in [6.07, 6.45) is -0.557. The van der Waals surface area contributed by atoms with Crippen LogP contribution in [-0.2, 0) is 16.0 Å². The fourth-order valence-electron chi connectivity index (χ4n) is 3.11. The highest BCUT2D eigenvalue weighted by molar-refractivity contribution is 7.90. The second kappa shape index (κ2) is 6.36. The van der Waals surface area contributed by atoms with Crippen LogP contribution < -0.4 is 4.90 Å². The van der Waals surface area contributed by atoms with E-state index in [1.54, 1.807) is 24.3 Å². The minimum atomic E-state index is -4.47. The lowest BCUT2D eigenvalue weighted by Gasteiger charge is -2.35. The Hall–Kier alpha value is -2.03. The zero-order chi connectivity index (χ0) is 18.2. The van der Waals surface area contributed by atoms with Crippen molar-refractivity contribution >= 4 is 15.5 Å². The molecular weight excluding hydrogens is 355 g/mol. The number of halogens is 3. The molecule has 1 aliphatic heterocycles. The van der Waals surface area contributed by atoms with Gasteiger partial charge in [0.05, 0.1) is 16.6 Å². The van der Waals surface area contributed by atoms with Gasteiger partial charge in [0.15, 0.2) is 15.5 Å². The third-order valence-corrected chi connectivity index (χ3v) is 5.42. The number of hydrogen-bond acceptors (Lipinski definition) is 4. The van der Waals surface area contributed by atoms with Crippen molar-refractivity contribution in [1.29, 1.82) is 0 Å². The lowest BCUT2D eigenvalue weighted by atomic mass is 10.1. The Labute approximate surface area is 144 Å². The van der Waals surface area contributed by atoms with Crippen molar-refractivity contribution in [3.63, 3.8) is 0 Å². The van der Waals surface area contributed by atoms with Crippen molar-refractivity contribution in [1.82, 2.24) is 9.78 Å². The zero-order valence-corrected chi connectivity index (χ0v) is 14.4. The van der Waals surface area contributed by atoms with Gasteiger partial charge in [-0.05, 0) is 31.0 Å². The SMILES string of the molecule is CS(=O)(=O)c1ccccc1N1CCCC(n2ccc(C(F)(F)F)n2)C1. The summed E-state index contributed by atoms with van der Waals surface area (Å²) in [5.41, 5.74) is -0.334. The van der Waals surface area contributed by atoms with E-state index in [-0.39, 0.29) is 10.9 Å². The van der Waals surface area contributed by atoms with Crippen LogP contribution in [0.1, 0.15) is 24.6 Å². The van der Waals surface area contributed by atoms with Crippen molar-refractivity contribution in [2.75, 3.05) is 24.2 Å². The number of hydrogen-bond donors (Lipinski definition) is 0. The van der Waals surface area contributed by atoms with Crippen LogP contribution in [0.25, 0.3) is 0 Å². The van der Waals surface area contributed by atoms with Crippen molar-refractivity contribution in [2.24, 2.45) is 0 Å². The molecule has 1 unspecified atom stereocenters. The molecule has 9 heteroatoms. The van der Waals surface area contributed by atoms with E-state index in [0.717, 1.165) is 18.7 Å². The molecule has 0 spiro atoms. The Morgan fingerprint density at radius 2 is 1.92 bits per heavy atom. The van der Waals surface area contributed by atoms with Crippen LogP contribution in [0, 0.1) is 0 Å². The molecule has 0 aliphatic carbocycles. The van der Waals surface area contributed by atoms with Gasteiger partial charge in [-0.15, -0.1) is 0 Å². The smallest absolute Gasteiger partial charge is 0.368 e. The lowest BCUT2D eigenvalue weighted by molar-refractivity contribution is -0.141. The van der Waals surface area contributed by atoms with Crippen molar-refractivity contribution in [3.8, 4) is 0 Å². The third kappa shape index (κ3) is 3.81. The quantitative estimate of drug-likeness (QED) is 0.829. The van der Waals surface area contributed by atoms with Gasteiger partial charge in [0, 0.05) is 25.5 Å². The Morgan fingerprint density at radius 3 is 2.56 bits per heavy atom. The number of benzene rings is 1. The maximum absolute atomic E-state index is 12.7. The van der Waals surface area contributed by atoms with Crippen LogP contribution in [0.5, 0.6) is 0 Å². The first-order valence-electron chi connectivity index (χ1n) is 7.82. The van der Waals surface area contributed by atoms with Gasteiger partial charge in [0.2, 0.25) is 0 Å². The summed E-state index contributed by atoms with van der Waals surface area (Å²) in [7, 11) is -3.39. The number of sulfone groups is 1.